The summed E-state index contributed by atoms with van der Waals surface area (Å²) in [5, 5.41) is 17.4. The summed E-state index contributed by atoms with van der Waals surface area (Å²) in [7, 11) is 0. The van der Waals surface area contributed by atoms with E-state index in [1.54, 1.807) is 0 Å². The number of nitrogens with zero attached hydrogens (tertiary/aromatic N) is 1. The fourth-order valence-electron chi connectivity index (χ4n) is 0.979. The van der Waals surface area contributed by atoms with E-state index in [-0.39, 0.29) is 13.2 Å². The van der Waals surface area contributed by atoms with Gasteiger partial charge < -0.3 is 14.9 Å². The van der Waals surface area contributed by atoms with Crippen molar-refractivity contribution < 1.29 is 14.9 Å². The Labute approximate surface area is 84.9 Å². The quantitative estimate of drug-likeness (QED) is 0.344. The molecule has 0 spiro atoms. The van der Waals surface area contributed by atoms with Crippen molar-refractivity contribution in [1.82, 2.24) is 4.90 Å². The van der Waals surface area contributed by atoms with Crippen LogP contribution < -0.4 is 0 Å². The summed E-state index contributed by atoms with van der Waals surface area (Å²) < 4.78 is 5.22. The summed E-state index contributed by atoms with van der Waals surface area (Å²) in [6, 6.07) is 0. The molecule has 0 atom stereocenters. The molecule has 4 nitrogen and oxygen atoms in total. The van der Waals surface area contributed by atoms with Crippen molar-refractivity contribution in [2.45, 2.75) is 0 Å². The van der Waals surface area contributed by atoms with Crippen LogP contribution in [0.3, 0.4) is 0 Å². The normalized spacial score (nSPS) is 11.1. The smallest absolute Gasteiger partial charge is 0.0593 e. The van der Waals surface area contributed by atoms with Gasteiger partial charge in [-0.05, 0) is 0 Å². The largest absolute Gasteiger partial charge is 0.395 e. The molecule has 0 unspecified atom stereocenters. The maximum Gasteiger partial charge on any atom is 0.0593 e. The molecular formula is C8H19NO3S. The molecule has 0 amide bonds. The summed E-state index contributed by atoms with van der Waals surface area (Å²) in [5.41, 5.74) is 0. The third-order valence-corrected chi connectivity index (χ3v) is 1.80. The van der Waals surface area contributed by atoms with E-state index in [1.165, 1.54) is 0 Å². The van der Waals surface area contributed by atoms with Gasteiger partial charge >= 0.3 is 0 Å². The van der Waals surface area contributed by atoms with Gasteiger partial charge in [0.15, 0.2) is 0 Å². The van der Waals surface area contributed by atoms with Crippen molar-refractivity contribution in [3.8, 4) is 0 Å². The van der Waals surface area contributed by atoms with Gasteiger partial charge in [0.05, 0.1) is 26.4 Å². The first-order valence-electron chi connectivity index (χ1n) is 4.47. The van der Waals surface area contributed by atoms with E-state index in [0.29, 0.717) is 26.3 Å². The lowest BCUT2D eigenvalue weighted by Gasteiger charge is -2.19. The van der Waals surface area contributed by atoms with Gasteiger partial charge in [-0.2, -0.15) is 12.6 Å². The molecule has 0 aromatic carbocycles. The van der Waals surface area contributed by atoms with Gasteiger partial charge in [0, 0.05) is 25.4 Å². The number of thiol groups is 1. The Kier molecular flexibility index (Phi) is 10.4. The molecule has 0 saturated heterocycles. The number of ether oxygens (including phenoxy) is 1. The van der Waals surface area contributed by atoms with E-state index in [9.17, 15) is 0 Å². The lowest BCUT2D eigenvalue weighted by molar-refractivity contribution is 0.0951. The predicted octanol–water partition coefficient (Wildman–Crippen LogP) is -0.781. The summed E-state index contributed by atoms with van der Waals surface area (Å²) in [5.74, 6) is 0.722. The van der Waals surface area contributed by atoms with Gasteiger partial charge in [0.1, 0.15) is 0 Å². The first-order valence-corrected chi connectivity index (χ1v) is 5.11. The third-order valence-electron chi connectivity index (χ3n) is 1.62. The Morgan fingerprint density at radius 1 is 1.00 bits per heavy atom. The molecule has 0 radical (unpaired) electrons. The molecule has 0 aromatic heterocycles. The van der Waals surface area contributed by atoms with Crippen molar-refractivity contribution in [3.63, 3.8) is 0 Å². The van der Waals surface area contributed by atoms with Crippen LogP contribution in [0.1, 0.15) is 0 Å². The predicted molar refractivity (Wildman–Crippen MR) is 55.3 cm³/mol. The molecule has 0 aromatic rings. The lowest BCUT2D eigenvalue weighted by atomic mass is 10.4. The van der Waals surface area contributed by atoms with E-state index in [1.807, 2.05) is 4.90 Å². The van der Waals surface area contributed by atoms with Crippen molar-refractivity contribution in [2.75, 3.05) is 51.8 Å². The highest BCUT2D eigenvalue weighted by atomic mass is 32.1. The topological polar surface area (TPSA) is 52.9 Å². The second-order valence-electron chi connectivity index (χ2n) is 2.62. The fourth-order valence-corrected chi connectivity index (χ4v) is 1.11. The first-order chi connectivity index (χ1) is 6.35. The fraction of sp³-hybridized carbons (Fsp3) is 1.00. The molecule has 0 aliphatic heterocycles. The number of aliphatic hydroxyl groups is 2. The molecule has 80 valence electrons. The second kappa shape index (κ2) is 10.3. The number of aliphatic hydroxyl groups excluding tert-OH is 2. The number of rotatable bonds is 9. The van der Waals surface area contributed by atoms with Gasteiger partial charge in [0.25, 0.3) is 0 Å². The zero-order valence-corrected chi connectivity index (χ0v) is 8.75. The standard InChI is InChI=1S/C8H19NO3S/c10-4-1-9(2-5-11)3-6-12-7-8-13/h10-11,13H,1-8H2. The van der Waals surface area contributed by atoms with Crippen molar-refractivity contribution in [2.24, 2.45) is 0 Å². The van der Waals surface area contributed by atoms with Crippen LogP contribution in [-0.2, 0) is 4.74 Å². The summed E-state index contributed by atoms with van der Waals surface area (Å²) >= 11 is 4.01. The first kappa shape index (κ1) is 13.2. The van der Waals surface area contributed by atoms with Crippen LogP contribution in [-0.4, -0.2) is 66.9 Å². The SMILES string of the molecule is OCCN(CCO)CCOCCS. The Balaban J connectivity index is 3.33. The van der Waals surface area contributed by atoms with Gasteiger partial charge in [-0.25, -0.2) is 0 Å². The Morgan fingerprint density at radius 3 is 2.08 bits per heavy atom. The maximum atomic E-state index is 8.69. The summed E-state index contributed by atoms with van der Waals surface area (Å²) in [6.07, 6.45) is 0. The molecule has 0 fully saturated rings. The van der Waals surface area contributed by atoms with E-state index in [2.05, 4.69) is 12.6 Å². The minimum absolute atomic E-state index is 0.118. The Morgan fingerprint density at radius 2 is 1.62 bits per heavy atom. The Bertz CT molecular complexity index is 99.4. The minimum Gasteiger partial charge on any atom is -0.395 e. The second-order valence-corrected chi connectivity index (χ2v) is 3.07. The van der Waals surface area contributed by atoms with Crippen molar-refractivity contribution in [1.29, 1.82) is 0 Å². The highest BCUT2D eigenvalue weighted by Gasteiger charge is 2.02. The van der Waals surface area contributed by atoms with Crippen molar-refractivity contribution >= 4 is 12.6 Å². The van der Waals surface area contributed by atoms with Crippen LogP contribution in [0.15, 0.2) is 0 Å². The van der Waals surface area contributed by atoms with Crippen LogP contribution >= 0.6 is 12.6 Å². The molecule has 0 saturated carbocycles. The molecule has 13 heavy (non-hydrogen) atoms. The third kappa shape index (κ3) is 8.52. The molecule has 0 heterocycles. The zero-order valence-electron chi connectivity index (χ0n) is 7.85. The monoisotopic (exact) mass is 209 g/mol. The van der Waals surface area contributed by atoms with Crippen molar-refractivity contribution in [3.05, 3.63) is 0 Å². The van der Waals surface area contributed by atoms with E-state index in [0.717, 1.165) is 12.3 Å². The average Bonchev–Trinajstić information content (AvgIpc) is 2.13. The highest BCUT2D eigenvalue weighted by molar-refractivity contribution is 7.80. The Hall–Kier alpha value is 0.190. The minimum atomic E-state index is 0.118. The van der Waals surface area contributed by atoms with Gasteiger partial charge in [-0.3, -0.25) is 4.90 Å². The van der Waals surface area contributed by atoms with Crippen LogP contribution in [0, 0.1) is 0 Å². The lowest BCUT2D eigenvalue weighted by Crippen LogP contribution is -2.33. The molecule has 2 N–H and O–H groups in total. The highest BCUT2D eigenvalue weighted by Crippen LogP contribution is 1.88. The average molecular weight is 209 g/mol. The molecule has 5 heteroatoms. The van der Waals surface area contributed by atoms with E-state index >= 15 is 0 Å². The van der Waals surface area contributed by atoms with Gasteiger partial charge in [-0.15, -0.1) is 0 Å². The molecule has 0 aliphatic carbocycles. The maximum absolute atomic E-state index is 8.69. The van der Waals surface area contributed by atoms with Crippen LogP contribution in [0.5, 0.6) is 0 Å². The van der Waals surface area contributed by atoms with E-state index in [4.69, 9.17) is 14.9 Å². The molecule has 0 aliphatic rings. The molecular weight excluding hydrogens is 190 g/mol. The zero-order chi connectivity index (χ0) is 9.94. The van der Waals surface area contributed by atoms with Crippen LogP contribution in [0.4, 0.5) is 0 Å². The molecule has 0 bridgehead atoms. The van der Waals surface area contributed by atoms with Gasteiger partial charge in [0.2, 0.25) is 0 Å². The summed E-state index contributed by atoms with van der Waals surface area (Å²) in [6.45, 7) is 3.43. The number of hydrogen-bond donors (Lipinski definition) is 3. The van der Waals surface area contributed by atoms with Crippen LogP contribution in [0.25, 0.3) is 0 Å². The van der Waals surface area contributed by atoms with E-state index < -0.39 is 0 Å². The summed E-state index contributed by atoms with van der Waals surface area (Å²) in [4.78, 5) is 1.96. The molecule has 0 rings (SSSR count). The van der Waals surface area contributed by atoms with Crippen LogP contribution in [0.2, 0.25) is 0 Å². The van der Waals surface area contributed by atoms with Gasteiger partial charge in [-0.1, -0.05) is 0 Å². The number of hydrogen-bond acceptors (Lipinski definition) is 5.